The van der Waals surface area contributed by atoms with Crippen molar-refractivity contribution in [1.82, 2.24) is 14.8 Å². The molecule has 250 valence electrons. The van der Waals surface area contributed by atoms with Gasteiger partial charge in [0.25, 0.3) is 6.47 Å². The van der Waals surface area contributed by atoms with E-state index in [0.717, 1.165) is 66.0 Å². The smallest absolute Gasteiger partial charge is 0.290 e. The van der Waals surface area contributed by atoms with Crippen molar-refractivity contribution in [2.24, 2.45) is 11.3 Å². The average molecular weight is 638 g/mol. The lowest BCUT2D eigenvalue weighted by atomic mass is 9.77. The Morgan fingerprint density at radius 1 is 1.07 bits per heavy atom. The van der Waals surface area contributed by atoms with E-state index in [1.165, 1.54) is 6.42 Å². The fourth-order valence-corrected chi connectivity index (χ4v) is 6.12. The monoisotopic (exact) mass is 637 g/mol. The third-order valence-electron chi connectivity index (χ3n) is 8.59. The van der Waals surface area contributed by atoms with Gasteiger partial charge >= 0.3 is 0 Å². The van der Waals surface area contributed by atoms with E-state index in [1.54, 1.807) is 7.11 Å². The number of hydrogen-bond donors (Lipinski definition) is 1. The van der Waals surface area contributed by atoms with Crippen molar-refractivity contribution in [2.45, 2.75) is 71.9 Å². The zero-order chi connectivity index (χ0) is 33.9. The molecule has 0 aliphatic carbocycles. The lowest BCUT2D eigenvalue weighted by Crippen LogP contribution is -2.46. The summed E-state index contributed by atoms with van der Waals surface area (Å²) in [6, 6.07) is 17.9. The number of carbonyl (C=O) groups is 3. The van der Waals surface area contributed by atoms with Crippen molar-refractivity contribution < 1.29 is 33.4 Å². The summed E-state index contributed by atoms with van der Waals surface area (Å²) in [5.74, 6) is 1.26. The normalized spacial score (nSPS) is 18.4. The third kappa shape index (κ3) is 9.17. The van der Waals surface area contributed by atoms with Crippen LogP contribution in [-0.2, 0) is 14.4 Å². The van der Waals surface area contributed by atoms with E-state index in [2.05, 4.69) is 27.7 Å². The molecule has 1 aromatic heterocycles. The molecule has 0 bridgehead atoms. The van der Waals surface area contributed by atoms with Crippen LogP contribution in [0.1, 0.15) is 59.8 Å². The predicted octanol–water partition coefficient (Wildman–Crippen LogP) is 6.63. The maximum Gasteiger partial charge on any atom is 0.290 e. The molecule has 9 nitrogen and oxygen atoms in total. The second-order valence-electron chi connectivity index (χ2n) is 12.7. The lowest BCUT2D eigenvalue weighted by molar-refractivity contribution is -0.146. The number of nitrogens with zero attached hydrogens (tertiary/aromatic N) is 3. The SMILES string of the molecule is CF.COc1ccc2c(O[C@@H]3C[C@@H](C)N(C(=O)[C@@H](CC(=O)N4CCCCC4)C(C)(C)C)C3)cc(-c3ccccc3)nc2c1.O=CO. The van der Waals surface area contributed by atoms with E-state index in [0.29, 0.717) is 13.7 Å². The number of amides is 2. The molecule has 0 spiro atoms. The number of carboxylic acid groups (broad SMARTS) is 1. The van der Waals surface area contributed by atoms with Crippen LogP contribution >= 0.6 is 0 Å². The first kappa shape index (κ1) is 36.3. The molecule has 2 amide bonds. The topological polar surface area (TPSA) is 109 Å². The number of piperidine rings is 1. The molecule has 0 radical (unpaired) electrons. The van der Waals surface area contributed by atoms with Gasteiger partial charge in [0.2, 0.25) is 11.8 Å². The highest BCUT2D eigenvalue weighted by Crippen LogP contribution is 2.37. The number of aromatic nitrogens is 1. The van der Waals surface area contributed by atoms with Gasteiger partial charge in [0, 0.05) is 55.1 Å². The molecule has 0 unspecified atom stereocenters. The van der Waals surface area contributed by atoms with Crippen LogP contribution in [0.15, 0.2) is 54.6 Å². The number of methoxy groups -OCH3 is 1. The van der Waals surface area contributed by atoms with Gasteiger partial charge in [-0.2, -0.15) is 0 Å². The first-order chi connectivity index (χ1) is 22.0. The average Bonchev–Trinajstić information content (AvgIpc) is 3.43. The molecule has 10 heteroatoms. The number of benzene rings is 2. The van der Waals surface area contributed by atoms with Crippen LogP contribution in [0.2, 0.25) is 0 Å². The molecule has 46 heavy (non-hydrogen) atoms. The maximum atomic E-state index is 14.0. The number of fused-ring (bicyclic) bond motifs is 1. The van der Waals surface area contributed by atoms with Crippen molar-refractivity contribution >= 4 is 29.2 Å². The molecule has 3 atom stereocenters. The molecule has 2 aliphatic rings. The van der Waals surface area contributed by atoms with Crippen LogP contribution in [-0.4, -0.2) is 84.2 Å². The minimum Gasteiger partial charge on any atom is -0.497 e. The second-order valence-corrected chi connectivity index (χ2v) is 12.7. The van der Waals surface area contributed by atoms with Crippen molar-refractivity contribution in [3.05, 3.63) is 54.6 Å². The Morgan fingerprint density at radius 3 is 2.33 bits per heavy atom. The zero-order valence-corrected chi connectivity index (χ0v) is 27.9. The van der Waals surface area contributed by atoms with E-state index in [9.17, 15) is 14.0 Å². The Bertz CT molecular complexity index is 1440. The first-order valence-electron chi connectivity index (χ1n) is 15.8. The number of alkyl halides is 1. The molecule has 3 heterocycles. The highest BCUT2D eigenvalue weighted by atomic mass is 19.1. The van der Waals surface area contributed by atoms with Gasteiger partial charge in [-0.15, -0.1) is 0 Å². The van der Waals surface area contributed by atoms with Gasteiger partial charge in [0.1, 0.15) is 17.6 Å². The van der Waals surface area contributed by atoms with E-state index in [-0.39, 0.29) is 48.2 Å². The first-order valence-corrected chi connectivity index (χ1v) is 15.8. The fourth-order valence-electron chi connectivity index (χ4n) is 6.12. The number of likely N-dealkylation sites (tertiary alicyclic amines) is 2. The van der Waals surface area contributed by atoms with Gasteiger partial charge in [0.15, 0.2) is 0 Å². The van der Waals surface area contributed by atoms with Crippen LogP contribution in [0.3, 0.4) is 0 Å². The predicted molar refractivity (Wildman–Crippen MR) is 178 cm³/mol. The van der Waals surface area contributed by atoms with Crippen LogP contribution in [0, 0.1) is 11.3 Å². The number of pyridine rings is 1. The van der Waals surface area contributed by atoms with Crippen molar-refractivity contribution in [2.75, 3.05) is 33.9 Å². The molecule has 2 saturated heterocycles. The summed E-state index contributed by atoms with van der Waals surface area (Å²) in [6.45, 7) is 10.1. The third-order valence-corrected chi connectivity index (χ3v) is 8.59. The number of halogens is 1. The Balaban J connectivity index is 0.00000109. The Morgan fingerprint density at radius 2 is 1.72 bits per heavy atom. The fraction of sp³-hybridized carbons (Fsp3) is 0.500. The van der Waals surface area contributed by atoms with E-state index in [4.69, 9.17) is 24.4 Å². The number of hydrogen-bond acceptors (Lipinski definition) is 6. The molecule has 5 rings (SSSR count). The van der Waals surface area contributed by atoms with Crippen LogP contribution in [0.5, 0.6) is 11.5 Å². The highest BCUT2D eigenvalue weighted by Gasteiger charge is 2.42. The number of rotatable bonds is 7. The molecule has 2 fully saturated rings. The zero-order valence-electron chi connectivity index (χ0n) is 27.9. The van der Waals surface area contributed by atoms with Gasteiger partial charge in [-0.05, 0) is 43.7 Å². The summed E-state index contributed by atoms with van der Waals surface area (Å²) in [6.07, 6.45) is 4.08. The summed E-state index contributed by atoms with van der Waals surface area (Å²) in [5, 5.41) is 7.79. The van der Waals surface area contributed by atoms with Gasteiger partial charge < -0.3 is 24.4 Å². The quantitative estimate of drug-likeness (QED) is 0.290. The summed E-state index contributed by atoms with van der Waals surface area (Å²) in [7, 11) is 2.15. The minimum absolute atomic E-state index is 0.0178. The van der Waals surface area contributed by atoms with Gasteiger partial charge in [-0.3, -0.25) is 18.8 Å². The van der Waals surface area contributed by atoms with Crippen molar-refractivity contribution in [3.63, 3.8) is 0 Å². The van der Waals surface area contributed by atoms with Gasteiger partial charge in [0.05, 0.1) is 38.0 Å². The molecule has 1 N–H and O–H groups in total. The van der Waals surface area contributed by atoms with Crippen molar-refractivity contribution in [3.8, 4) is 22.8 Å². The molecule has 0 saturated carbocycles. The van der Waals surface area contributed by atoms with Crippen LogP contribution in [0.4, 0.5) is 4.39 Å². The second kappa shape index (κ2) is 16.9. The molecule has 2 aliphatic heterocycles. The van der Waals surface area contributed by atoms with E-state index < -0.39 is 0 Å². The summed E-state index contributed by atoms with van der Waals surface area (Å²) in [4.78, 5) is 44.4. The Hall–Kier alpha value is -4.21. The van der Waals surface area contributed by atoms with Gasteiger partial charge in [-0.25, -0.2) is 4.98 Å². The summed E-state index contributed by atoms with van der Waals surface area (Å²) >= 11 is 0. The Labute approximate surface area is 271 Å². The summed E-state index contributed by atoms with van der Waals surface area (Å²) < 4.78 is 21.6. The molecule has 3 aromatic rings. The lowest BCUT2D eigenvalue weighted by Gasteiger charge is -2.36. The van der Waals surface area contributed by atoms with Gasteiger partial charge in [-0.1, -0.05) is 51.1 Å². The van der Waals surface area contributed by atoms with E-state index >= 15 is 0 Å². The highest BCUT2D eigenvalue weighted by molar-refractivity contribution is 5.89. The summed E-state index contributed by atoms with van der Waals surface area (Å²) in [5.41, 5.74) is 2.30. The molecular formula is C36H48FN3O6. The molecular weight excluding hydrogens is 589 g/mol. The molecule has 2 aromatic carbocycles. The largest absolute Gasteiger partial charge is 0.497 e. The van der Waals surface area contributed by atoms with Crippen LogP contribution < -0.4 is 9.47 Å². The number of carbonyl (C=O) groups excluding carboxylic acids is 2. The Kier molecular flexibility index (Phi) is 13.3. The van der Waals surface area contributed by atoms with Crippen LogP contribution in [0.25, 0.3) is 22.2 Å². The van der Waals surface area contributed by atoms with Crippen molar-refractivity contribution in [1.29, 1.82) is 0 Å². The minimum atomic E-state index is -0.378. The standard InChI is InChI=1S/C34H43N3O4.CH3F.CH2O2/c1-23-18-26(22-37(23)33(39)28(34(2,3)4)20-32(38)36-16-10-7-11-17-36)41-31-21-29(24-12-8-6-9-13-24)35-30-19-25(40-5)14-15-27(30)31;1-2;2-1-3/h6,8-9,12-15,19,21,23,26,28H,7,10-11,16-18,20,22H2,1-5H3;1H3;1H,(H,2,3)/t23-,26-,28-;;/m1../s1. The number of ether oxygens (including phenoxy) is 2. The van der Waals surface area contributed by atoms with E-state index in [1.807, 2.05) is 64.4 Å². The maximum absolute atomic E-state index is 14.0.